The molecule has 0 spiro atoms. The zero-order valence-corrected chi connectivity index (χ0v) is 28.0. The van der Waals surface area contributed by atoms with Gasteiger partial charge in [-0.2, -0.15) is 0 Å². The fourth-order valence-corrected chi connectivity index (χ4v) is 6.37. The quantitative estimate of drug-likeness (QED) is 0.310. The topological polar surface area (TPSA) is 67.9 Å². The molecule has 0 bridgehead atoms. The molecule has 2 aliphatic rings. The number of piperazine rings is 1. The molecule has 3 atom stereocenters. The number of halogens is 2. The molecule has 0 radical (unpaired) electrons. The highest BCUT2D eigenvalue weighted by atomic mass is 35.5. The molecule has 2 aliphatic heterocycles. The number of nitrogens with one attached hydrogen (secondary N) is 2. The highest BCUT2D eigenvalue weighted by molar-refractivity contribution is 6.30. The van der Waals surface area contributed by atoms with E-state index in [1.165, 1.54) is 11.6 Å². The van der Waals surface area contributed by atoms with Crippen LogP contribution >= 0.6 is 11.6 Å². The Morgan fingerprint density at radius 1 is 1.11 bits per heavy atom. The van der Waals surface area contributed by atoms with Crippen molar-refractivity contribution in [3.8, 4) is 0 Å². The van der Waals surface area contributed by atoms with Crippen LogP contribution < -0.4 is 10.6 Å². The summed E-state index contributed by atoms with van der Waals surface area (Å²) in [6.45, 7) is 11.3. The van der Waals surface area contributed by atoms with E-state index in [0.29, 0.717) is 44.0 Å². The van der Waals surface area contributed by atoms with E-state index >= 15 is 0 Å². The lowest BCUT2D eigenvalue weighted by Crippen LogP contribution is -2.57. The number of allylic oxidation sites excluding steroid dienone is 1. The normalized spacial score (nSPS) is 19.0. The molecule has 0 saturated carbocycles. The summed E-state index contributed by atoms with van der Waals surface area (Å²) in [6, 6.07) is 13.9. The Kier molecular flexibility index (Phi) is 13.2. The van der Waals surface area contributed by atoms with Gasteiger partial charge < -0.3 is 20.4 Å². The van der Waals surface area contributed by atoms with Gasteiger partial charge >= 0.3 is 0 Å². The smallest absolute Gasteiger partial charge is 0.245 e. The predicted octanol–water partition coefficient (Wildman–Crippen LogP) is 4.86. The molecule has 3 unspecified atom stereocenters. The molecule has 45 heavy (non-hydrogen) atoms. The Hall–Kier alpha value is -3.04. The van der Waals surface area contributed by atoms with Gasteiger partial charge in [0.2, 0.25) is 11.8 Å². The minimum Gasteiger partial charge on any atom is -0.344 e. The van der Waals surface area contributed by atoms with Crippen LogP contribution in [0.4, 0.5) is 4.39 Å². The van der Waals surface area contributed by atoms with Gasteiger partial charge in [0.15, 0.2) is 0 Å². The van der Waals surface area contributed by atoms with Gasteiger partial charge in [0.05, 0.1) is 0 Å². The predicted molar refractivity (Wildman–Crippen MR) is 181 cm³/mol. The molecule has 244 valence electrons. The Morgan fingerprint density at radius 2 is 1.82 bits per heavy atom. The second kappa shape index (κ2) is 17.0. The second-order valence-electron chi connectivity index (χ2n) is 12.3. The molecule has 2 aromatic carbocycles. The summed E-state index contributed by atoms with van der Waals surface area (Å²) in [6.07, 6.45) is 6.30. The maximum absolute atomic E-state index is 14.6. The van der Waals surface area contributed by atoms with Crippen molar-refractivity contribution >= 4 is 23.4 Å². The molecule has 2 amide bonds. The lowest BCUT2D eigenvalue weighted by atomic mass is 9.99. The van der Waals surface area contributed by atoms with Crippen molar-refractivity contribution in [3.63, 3.8) is 0 Å². The number of carbonyl (C=O) groups is 2. The molecular weight excluding hydrogens is 589 g/mol. The van der Waals surface area contributed by atoms with E-state index < -0.39 is 6.04 Å². The summed E-state index contributed by atoms with van der Waals surface area (Å²) in [5, 5.41) is 7.13. The van der Waals surface area contributed by atoms with E-state index in [1.807, 2.05) is 54.3 Å². The van der Waals surface area contributed by atoms with Crippen LogP contribution in [0.15, 0.2) is 71.8 Å². The summed E-state index contributed by atoms with van der Waals surface area (Å²) < 4.78 is 14.6. The summed E-state index contributed by atoms with van der Waals surface area (Å²) in [7, 11) is 2.10. The van der Waals surface area contributed by atoms with Crippen molar-refractivity contribution in [3.05, 3.63) is 93.8 Å². The van der Waals surface area contributed by atoms with Gasteiger partial charge in [-0.1, -0.05) is 66.6 Å². The summed E-state index contributed by atoms with van der Waals surface area (Å²) in [4.78, 5) is 33.9. The third-order valence-corrected chi connectivity index (χ3v) is 9.50. The fraction of sp³-hybridized carbons (Fsp3) is 0.500. The van der Waals surface area contributed by atoms with E-state index in [0.717, 1.165) is 42.8 Å². The number of nitrogens with zero attached hydrogens (tertiary/aromatic N) is 3. The summed E-state index contributed by atoms with van der Waals surface area (Å²) in [5.74, 6) is -0.391. The zero-order chi connectivity index (χ0) is 32.3. The first-order chi connectivity index (χ1) is 21.7. The average molecular weight is 638 g/mol. The van der Waals surface area contributed by atoms with Crippen LogP contribution in [0.5, 0.6) is 0 Å². The molecule has 0 aliphatic carbocycles. The maximum Gasteiger partial charge on any atom is 0.245 e. The Bertz CT molecular complexity index is 1340. The van der Waals surface area contributed by atoms with Gasteiger partial charge in [-0.15, -0.1) is 0 Å². The molecule has 2 N–H and O–H groups in total. The molecule has 7 nitrogen and oxygen atoms in total. The molecular formula is C36H49ClFN5O2. The van der Waals surface area contributed by atoms with Crippen LogP contribution in [0.1, 0.15) is 44.7 Å². The minimum atomic E-state index is -0.682. The van der Waals surface area contributed by atoms with Gasteiger partial charge in [0.25, 0.3) is 0 Å². The van der Waals surface area contributed by atoms with Crippen LogP contribution in [0.3, 0.4) is 0 Å². The summed E-state index contributed by atoms with van der Waals surface area (Å²) in [5.41, 5.74) is 4.03. The van der Waals surface area contributed by atoms with Crippen molar-refractivity contribution in [1.29, 1.82) is 0 Å². The fourth-order valence-electron chi connectivity index (χ4n) is 6.25. The van der Waals surface area contributed by atoms with Gasteiger partial charge in [-0.05, 0) is 81.7 Å². The van der Waals surface area contributed by atoms with Gasteiger partial charge in [0.1, 0.15) is 11.9 Å². The Morgan fingerprint density at radius 3 is 2.49 bits per heavy atom. The lowest BCUT2D eigenvalue weighted by molar-refractivity contribution is -0.138. The van der Waals surface area contributed by atoms with Crippen molar-refractivity contribution in [1.82, 2.24) is 25.3 Å². The molecule has 0 aromatic heterocycles. The van der Waals surface area contributed by atoms with Crippen LogP contribution in [0.2, 0.25) is 5.02 Å². The van der Waals surface area contributed by atoms with Crippen molar-refractivity contribution in [2.45, 2.75) is 64.6 Å². The van der Waals surface area contributed by atoms with Crippen molar-refractivity contribution in [2.24, 2.45) is 0 Å². The average Bonchev–Trinajstić information content (AvgIpc) is 3.38. The van der Waals surface area contributed by atoms with E-state index in [1.54, 1.807) is 6.07 Å². The Labute approximate surface area is 273 Å². The molecule has 1 saturated heterocycles. The number of rotatable bonds is 14. The van der Waals surface area contributed by atoms with E-state index in [4.69, 9.17) is 11.6 Å². The van der Waals surface area contributed by atoms with E-state index in [-0.39, 0.29) is 36.1 Å². The van der Waals surface area contributed by atoms with Gasteiger partial charge in [0, 0.05) is 62.7 Å². The number of carbonyl (C=O) groups excluding carboxylic acids is 2. The molecule has 2 heterocycles. The van der Waals surface area contributed by atoms with E-state index in [2.05, 4.69) is 47.4 Å². The largest absolute Gasteiger partial charge is 0.344 e. The van der Waals surface area contributed by atoms with Crippen molar-refractivity contribution in [2.75, 3.05) is 52.9 Å². The highest BCUT2D eigenvalue weighted by Crippen LogP contribution is 2.21. The SMILES string of the molecule is C/C=C\C1=C(C)C(CC(=O)NC(Cc2ccc(Cl)cc2)C(=O)N2CCN(C(CCN(C)CC)Cc3ccccc3F)CC2)NC1. The highest BCUT2D eigenvalue weighted by Gasteiger charge is 2.32. The standard InChI is InChI=1S/C36H49ClFN5O2/c1-5-9-29-25-39-33(26(29)3)24-35(44)40-34(22-27-12-14-30(37)15-13-27)36(45)43-20-18-42(19-21-43)31(16-17-41(4)6-2)23-28-10-7-8-11-32(28)38/h5,7-15,31,33-34,39H,6,16-25H2,1-4H3,(H,40,44)/b9-5-. The first-order valence-electron chi connectivity index (χ1n) is 16.2. The minimum absolute atomic E-state index is 0.0517. The monoisotopic (exact) mass is 637 g/mol. The van der Waals surface area contributed by atoms with Crippen LogP contribution in [0, 0.1) is 5.82 Å². The third-order valence-electron chi connectivity index (χ3n) is 9.25. The molecule has 9 heteroatoms. The number of hydrogen-bond acceptors (Lipinski definition) is 5. The van der Waals surface area contributed by atoms with Crippen LogP contribution in [-0.4, -0.2) is 97.5 Å². The number of hydrogen-bond donors (Lipinski definition) is 2. The molecule has 4 rings (SSSR count). The first kappa shape index (κ1) is 34.8. The molecule has 2 aromatic rings. The second-order valence-corrected chi connectivity index (χ2v) is 12.7. The lowest BCUT2D eigenvalue weighted by Gasteiger charge is -2.41. The summed E-state index contributed by atoms with van der Waals surface area (Å²) >= 11 is 6.12. The van der Waals surface area contributed by atoms with Gasteiger partial charge in [-0.25, -0.2) is 4.39 Å². The zero-order valence-electron chi connectivity index (χ0n) is 27.2. The van der Waals surface area contributed by atoms with Crippen LogP contribution in [-0.2, 0) is 22.4 Å². The number of benzene rings is 2. The van der Waals surface area contributed by atoms with E-state index in [9.17, 15) is 14.0 Å². The van der Waals surface area contributed by atoms with Crippen LogP contribution in [0.25, 0.3) is 0 Å². The third kappa shape index (κ3) is 9.97. The first-order valence-corrected chi connectivity index (χ1v) is 16.6. The molecule has 1 fully saturated rings. The Balaban J connectivity index is 1.43. The van der Waals surface area contributed by atoms with Gasteiger partial charge in [-0.3, -0.25) is 14.5 Å². The van der Waals surface area contributed by atoms with Crippen molar-refractivity contribution < 1.29 is 14.0 Å². The number of amides is 2. The maximum atomic E-state index is 14.6.